The fourth-order valence-corrected chi connectivity index (χ4v) is 2.07. The molecule has 0 aromatic carbocycles. The first-order chi connectivity index (χ1) is 18.4. The maximum Gasteiger partial charge on any atom is 0.308 e. The molecule has 0 aliphatic heterocycles. The van der Waals surface area contributed by atoms with Crippen LogP contribution in [0.4, 0.5) is 0 Å². The fraction of sp³-hybridized carbons (Fsp3) is 0.786. The molecule has 0 aromatic heterocycles. The summed E-state index contributed by atoms with van der Waals surface area (Å²) in [5.41, 5.74) is 0. The summed E-state index contributed by atoms with van der Waals surface area (Å²) >= 11 is 0. The van der Waals surface area contributed by atoms with Crippen molar-refractivity contribution in [3.05, 3.63) is 0 Å². The zero-order chi connectivity index (χ0) is 32.0. The highest BCUT2D eigenvalue weighted by atomic mass is 16.6. The van der Waals surface area contributed by atoms with Gasteiger partial charge in [-0.25, -0.2) is 0 Å². The summed E-state index contributed by atoms with van der Waals surface area (Å²) in [7, 11) is 0. The Morgan fingerprint density at radius 2 is 0.875 bits per heavy atom. The van der Waals surface area contributed by atoms with Gasteiger partial charge in [0.1, 0.15) is 13.2 Å². The molecule has 0 spiro atoms. The van der Waals surface area contributed by atoms with E-state index < -0.39 is 0 Å². The van der Waals surface area contributed by atoms with E-state index in [1.807, 2.05) is 27.7 Å². The standard InChI is InChI=1S/C10H18O4.2C9H18N2O2/c1-7(2)9(11)13-5-6-14-10(12)8(3)4;1-8(2)10(6-12)5-11(7-13)9(3)4;1-6(2)8(12)10-5-11-9(13)7(3)4/h7-8H,5-6H2,1-4H3;6-9H,5H2,1-4H3;6-7H,5H2,1-4H3,(H,10,12)(H,11,13). The summed E-state index contributed by atoms with van der Waals surface area (Å²) in [5.74, 6) is -1.03. The average Bonchev–Trinajstić information content (AvgIpc) is 2.86. The molecular formula is C28H54N4O8. The number of hydrogen-bond donors (Lipinski definition) is 2. The van der Waals surface area contributed by atoms with Gasteiger partial charge in [0, 0.05) is 23.9 Å². The summed E-state index contributed by atoms with van der Waals surface area (Å²) in [6, 6.07) is 0.248. The van der Waals surface area contributed by atoms with Gasteiger partial charge in [-0.15, -0.1) is 0 Å². The lowest BCUT2D eigenvalue weighted by Gasteiger charge is -2.30. The molecule has 0 rings (SSSR count). The van der Waals surface area contributed by atoms with Crippen molar-refractivity contribution in [2.45, 2.75) is 95.2 Å². The lowest BCUT2D eigenvalue weighted by atomic mass is 10.2. The van der Waals surface area contributed by atoms with E-state index in [0.717, 1.165) is 12.8 Å². The van der Waals surface area contributed by atoms with Gasteiger partial charge in [-0.1, -0.05) is 55.4 Å². The van der Waals surface area contributed by atoms with Crippen molar-refractivity contribution >= 4 is 36.6 Å². The minimum Gasteiger partial charge on any atom is -0.462 e. The molecule has 4 amide bonds. The molecule has 0 aliphatic carbocycles. The van der Waals surface area contributed by atoms with E-state index in [4.69, 9.17) is 9.47 Å². The fourth-order valence-electron chi connectivity index (χ4n) is 2.07. The van der Waals surface area contributed by atoms with Crippen molar-refractivity contribution in [3.8, 4) is 0 Å². The number of amides is 4. The van der Waals surface area contributed by atoms with Crippen LogP contribution in [-0.2, 0) is 38.2 Å². The van der Waals surface area contributed by atoms with E-state index in [9.17, 15) is 28.8 Å². The Kier molecular flexibility index (Phi) is 24.5. The second-order valence-corrected chi connectivity index (χ2v) is 10.8. The van der Waals surface area contributed by atoms with Gasteiger partial charge in [-0.05, 0) is 27.7 Å². The van der Waals surface area contributed by atoms with Crippen LogP contribution in [0.25, 0.3) is 0 Å². The van der Waals surface area contributed by atoms with Crippen molar-refractivity contribution in [1.29, 1.82) is 0 Å². The SMILES string of the molecule is CC(C)C(=O)NCNC(=O)C(C)C.CC(C)C(=O)OCCOC(=O)C(C)C.CC(C)N(C=O)CN(C=O)C(C)C. The van der Waals surface area contributed by atoms with E-state index in [0.29, 0.717) is 6.67 Å². The molecule has 0 atom stereocenters. The molecule has 0 saturated carbocycles. The lowest BCUT2D eigenvalue weighted by Crippen LogP contribution is -2.43. The first kappa shape index (κ1) is 41.3. The number of carbonyl (C=O) groups is 6. The third kappa shape index (κ3) is 22.8. The molecule has 12 nitrogen and oxygen atoms in total. The predicted octanol–water partition coefficient (Wildman–Crippen LogP) is 2.55. The first-order valence-electron chi connectivity index (χ1n) is 13.7. The van der Waals surface area contributed by atoms with Gasteiger partial charge in [-0.3, -0.25) is 28.8 Å². The first-order valence-corrected chi connectivity index (χ1v) is 13.7. The van der Waals surface area contributed by atoms with Crippen LogP contribution in [0.15, 0.2) is 0 Å². The van der Waals surface area contributed by atoms with Crippen molar-refractivity contribution < 1.29 is 38.2 Å². The van der Waals surface area contributed by atoms with Crippen LogP contribution in [0.5, 0.6) is 0 Å². The second kappa shape index (κ2) is 23.7. The topological polar surface area (TPSA) is 151 Å². The van der Waals surface area contributed by atoms with Crippen LogP contribution in [0.2, 0.25) is 0 Å². The van der Waals surface area contributed by atoms with Gasteiger partial charge in [0.05, 0.1) is 25.2 Å². The lowest BCUT2D eigenvalue weighted by molar-refractivity contribution is -0.156. The van der Waals surface area contributed by atoms with Gasteiger partial charge in [0.2, 0.25) is 24.6 Å². The summed E-state index contributed by atoms with van der Waals surface area (Å²) in [4.78, 5) is 68.3. The highest BCUT2D eigenvalue weighted by Gasteiger charge is 2.13. The van der Waals surface area contributed by atoms with Crippen LogP contribution in [0.3, 0.4) is 0 Å². The van der Waals surface area contributed by atoms with Crippen molar-refractivity contribution in [2.24, 2.45) is 23.7 Å². The smallest absolute Gasteiger partial charge is 0.308 e. The Bertz CT molecular complexity index is 693. The number of hydrogen-bond acceptors (Lipinski definition) is 8. The van der Waals surface area contributed by atoms with E-state index in [2.05, 4.69) is 10.6 Å². The second-order valence-electron chi connectivity index (χ2n) is 10.8. The highest BCUT2D eigenvalue weighted by molar-refractivity contribution is 5.80. The van der Waals surface area contributed by atoms with Gasteiger partial charge in [-0.2, -0.15) is 0 Å². The van der Waals surface area contributed by atoms with E-state index in [1.54, 1.807) is 65.2 Å². The molecule has 40 heavy (non-hydrogen) atoms. The molecule has 234 valence electrons. The van der Waals surface area contributed by atoms with Gasteiger partial charge in [0.15, 0.2) is 0 Å². The molecule has 2 N–H and O–H groups in total. The molecule has 0 bridgehead atoms. The largest absolute Gasteiger partial charge is 0.462 e. The summed E-state index contributed by atoms with van der Waals surface area (Å²) in [5, 5.41) is 5.19. The predicted molar refractivity (Wildman–Crippen MR) is 153 cm³/mol. The van der Waals surface area contributed by atoms with Crippen LogP contribution < -0.4 is 10.6 Å². The summed E-state index contributed by atoms with van der Waals surface area (Å²) < 4.78 is 9.63. The summed E-state index contributed by atoms with van der Waals surface area (Å²) in [6.45, 7) is 22.7. The van der Waals surface area contributed by atoms with Gasteiger partial charge >= 0.3 is 11.9 Å². The Hall–Kier alpha value is -3.18. The molecule has 0 aromatic rings. The Balaban J connectivity index is -0.000000514. The molecule has 0 saturated heterocycles. The van der Waals surface area contributed by atoms with Gasteiger partial charge in [0.25, 0.3) is 0 Å². The maximum atomic E-state index is 11.0. The minimum absolute atomic E-state index is 0.0454. The molecule has 0 unspecified atom stereocenters. The van der Waals surface area contributed by atoms with Crippen molar-refractivity contribution in [3.63, 3.8) is 0 Å². The molecule has 12 heteroatoms. The zero-order valence-electron chi connectivity index (χ0n) is 26.6. The molecule has 0 heterocycles. The van der Waals surface area contributed by atoms with E-state index in [1.165, 1.54) is 0 Å². The Labute approximate surface area is 240 Å². The number of esters is 2. The Morgan fingerprint density at radius 1 is 0.575 bits per heavy atom. The average molecular weight is 575 g/mol. The minimum atomic E-state index is -0.273. The quantitative estimate of drug-likeness (QED) is 0.131. The van der Waals surface area contributed by atoms with Gasteiger partial charge < -0.3 is 29.9 Å². The highest BCUT2D eigenvalue weighted by Crippen LogP contribution is 2.00. The number of nitrogens with one attached hydrogen (secondary N) is 2. The molecular weight excluding hydrogens is 520 g/mol. The third-order valence-corrected chi connectivity index (χ3v) is 5.01. The number of carbonyl (C=O) groups excluding carboxylic acids is 6. The van der Waals surface area contributed by atoms with E-state index >= 15 is 0 Å². The normalized spacial score (nSPS) is 10.3. The molecule has 0 radical (unpaired) electrons. The van der Waals surface area contributed by atoms with Crippen LogP contribution in [0, 0.1) is 23.7 Å². The Morgan fingerprint density at radius 3 is 1.07 bits per heavy atom. The van der Waals surface area contributed by atoms with Crippen molar-refractivity contribution in [1.82, 2.24) is 20.4 Å². The zero-order valence-corrected chi connectivity index (χ0v) is 26.6. The molecule has 0 aliphatic rings. The van der Waals surface area contributed by atoms with Crippen LogP contribution in [-0.4, -0.2) is 85.0 Å². The number of rotatable bonds is 15. The molecule has 0 fully saturated rings. The van der Waals surface area contributed by atoms with E-state index in [-0.39, 0.29) is 79.4 Å². The maximum absolute atomic E-state index is 11.0. The number of ether oxygens (including phenoxy) is 2. The number of nitrogens with zero attached hydrogens (tertiary/aromatic N) is 2. The third-order valence-electron chi connectivity index (χ3n) is 5.01. The summed E-state index contributed by atoms with van der Waals surface area (Å²) in [6.07, 6.45) is 1.53. The van der Waals surface area contributed by atoms with Crippen molar-refractivity contribution in [2.75, 3.05) is 26.6 Å². The monoisotopic (exact) mass is 574 g/mol. The van der Waals surface area contributed by atoms with Crippen LogP contribution in [0.1, 0.15) is 83.1 Å². The van der Waals surface area contributed by atoms with Crippen LogP contribution >= 0.6 is 0 Å².